The summed E-state index contributed by atoms with van der Waals surface area (Å²) in [6.45, 7) is 2.57. The first-order chi connectivity index (χ1) is 13.1. The van der Waals surface area contributed by atoms with Crippen LogP contribution >= 0.6 is 0 Å². The minimum absolute atomic E-state index is 0.216. The summed E-state index contributed by atoms with van der Waals surface area (Å²) in [6, 6.07) is 11.0. The summed E-state index contributed by atoms with van der Waals surface area (Å²) in [6.07, 6.45) is 3.57. The topological polar surface area (TPSA) is 110 Å². The Morgan fingerprint density at radius 1 is 1.00 bits per heavy atom. The van der Waals surface area contributed by atoms with E-state index in [9.17, 15) is 9.59 Å². The smallest absolute Gasteiger partial charge is 0.273 e. The predicted octanol–water partition coefficient (Wildman–Crippen LogP) is 1.99. The van der Waals surface area contributed by atoms with Gasteiger partial charge in [0.1, 0.15) is 5.69 Å². The molecule has 0 unspecified atom stereocenters. The van der Waals surface area contributed by atoms with Crippen LogP contribution in [0.1, 0.15) is 33.1 Å². The Morgan fingerprint density at radius 3 is 2.41 bits per heavy atom. The van der Waals surface area contributed by atoms with Crippen LogP contribution in [0.25, 0.3) is 11.3 Å². The monoisotopic (exact) mass is 365 g/mol. The highest BCUT2D eigenvalue weighted by Crippen LogP contribution is 2.19. The van der Waals surface area contributed by atoms with Crippen molar-refractivity contribution in [1.82, 2.24) is 25.8 Å². The molecule has 3 aromatic rings. The van der Waals surface area contributed by atoms with Crippen molar-refractivity contribution in [3.8, 4) is 11.3 Å². The fourth-order valence-electron chi connectivity index (χ4n) is 2.37. The van der Waals surface area contributed by atoms with Crippen LogP contribution in [0, 0.1) is 6.92 Å². The lowest BCUT2D eigenvalue weighted by Crippen LogP contribution is -2.30. The Balaban J connectivity index is 1.41. The average Bonchev–Trinajstić information content (AvgIpc) is 3.18. The van der Waals surface area contributed by atoms with E-state index in [2.05, 4.69) is 25.8 Å². The lowest BCUT2D eigenvalue weighted by molar-refractivity contribution is 0.0943. The standard InChI is InChI=1S/C19H19N5O3/c1-13-11-20-12-16(23-13)19(26)22-9-5-8-21-18(25)15-10-17(27-24-15)14-6-3-2-4-7-14/h2-4,6-7,10-12H,5,8-9H2,1H3,(H,21,25)(H,22,26). The van der Waals surface area contributed by atoms with Crippen LogP contribution in [0.2, 0.25) is 0 Å². The number of hydrogen-bond acceptors (Lipinski definition) is 6. The molecule has 27 heavy (non-hydrogen) atoms. The van der Waals surface area contributed by atoms with Gasteiger partial charge in [0.25, 0.3) is 11.8 Å². The first kappa shape index (κ1) is 18.2. The molecule has 0 atom stereocenters. The summed E-state index contributed by atoms with van der Waals surface area (Å²) in [5, 5.41) is 9.28. The van der Waals surface area contributed by atoms with Crippen molar-refractivity contribution in [2.75, 3.05) is 13.1 Å². The molecule has 1 aromatic carbocycles. The molecule has 0 spiro atoms. The van der Waals surface area contributed by atoms with Crippen molar-refractivity contribution in [2.24, 2.45) is 0 Å². The number of nitrogens with zero attached hydrogens (tertiary/aromatic N) is 3. The number of amides is 2. The van der Waals surface area contributed by atoms with E-state index in [0.29, 0.717) is 31.0 Å². The first-order valence-corrected chi connectivity index (χ1v) is 8.50. The zero-order valence-electron chi connectivity index (χ0n) is 14.8. The molecular formula is C19H19N5O3. The fraction of sp³-hybridized carbons (Fsp3) is 0.211. The van der Waals surface area contributed by atoms with Crippen LogP contribution < -0.4 is 10.6 Å². The van der Waals surface area contributed by atoms with Gasteiger partial charge in [-0.2, -0.15) is 0 Å². The van der Waals surface area contributed by atoms with Crippen molar-refractivity contribution >= 4 is 11.8 Å². The van der Waals surface area contributed by atoms with Gasteiger partial charge in [-0.25, -0.2) is 4.98 Å². The maximum absolute atomic E-state index is 12.1. The summed E-state index contributed by atoms with van der Waals surface area (Å²) in [7, 11) is 0. The fourth-order valence-corrected chi connectivity index (χ4v) is 2.37. The van der Waals surface area contributed by atoms with Gasteiger partial charge >= 0.3 is 0 Å². The van der Waals surface area contributed by atoms with Crippen LogP contribution in [0.15, 0.2) is 53.3 Å². The molecule has 0 saturated carbocycles. The molecule has 2 aromatic heterocycles. The Bertz CT molecular complexity index is 924. The maximum atomic E-state index is 12.1. The number of carbonyl (C=O) groups is 2. The molecule has 2 heterocycles. The number of benzene rings is 1. The maximum Gasteiger partial charge on any atom is 0.273 e. The molecule has 0 radical (unpaired) electrons. The molecule has 8 heteroatoms. The van der Waals surface area contributed by atoms with Crippen molar-refractivity contribution in [1.29, 1.82) is 0 Å². The van der Waals surface area contributed by atoms with Crippen LogP contribution in [-0.2, 0) is 0 Å². The number of aryl methyl sites for hydroxylation is 1. The Hall–Kier alpha value is -3.55. The largest absolute Gasteiger partial charge is 0.355 e. The summed E-state index contributed by atoms with van der Waals surface area (Å²) in [5.74, 6) is -0.0781. The third-order valence-corrected chi connectivity index (χ3v) is 3.71. The highest BCUT2D eigenvalue weighted by Gasteiger charge is 2.13. The molecule has 8 nitrogen and oxygen atoms in total. The molecule has 0 aliphatic heterocycles. The van der Waals surface area contributed by atoms with Gasteiger partial charge in [0, 0.05) is 30.9 Å². The van der Waals surface area contributed by atoms with E-state index in [1.165, 1.54) is 6.20 Å². The van der Waals surface area contributed by atoms with E-state index in [-0.39, 0.29) is 23.2 Å². The summed E-state index contributed by atoms with van der Waals surface area (Å²) in [5.41, 5.74) is 2.02. The van der Waals surface area contributed by atoms with Crippen molar-refractivity contribution in [3.05, 3.63) is 65.9 Å². The molecule has 0 aliphatic carbocycles. The van der Waals surface area contributed by atoms with Gasteiger partial charge in [-0.3, -0.25) is 14.6 Å². The van der Waals surface area contributed by atoms with Crippen LogP contribution in [0.5, 0.6) is 0 Å². The summed E-state index contributed by atoms with van der Waals surface area (Å²) >= 11 is 0. The van der Waals surface area contributed by atoms with E-state index in [1.54, 1.807) is 19.2 Å². The number of rotatable bonds is 7. The van der Waals surface area contributed by atoms with E-state index >= 15 is 0 Å². The minimum atomic E-state index is -0.322. The normalized spacial score (nSPS) is 10.4. The van der Waals surface area contributed by atoms with Gasteiger partial charge in [-0.1, -0.05) is 35.5 Å². The molecule has 2 N–H and O–H groups in total. The Labute approximate surface area is 156 Å². The van der Waals surface area contributed by atoms with E-state index in [4.69, 9.17) is 4.52 Å². The van der Waals surface area contributed by atoms with Crippen molar-refractivity contribution in [3.63, 3.8) is 0 Å². The number of hydrogen-bond donors (Lipinski definition) is 2. The summed E-state index contributed by atoms with van der Waals surface area (Å²) in [4.78, 5) is 32.1. The zero-order chi connectivity index (χ0) is 19.1. The van der Waals surface area contributed by atoms with Gasteiger partial charge in [0.05, 0.1) is 11.9 Å². The van der Waals surface area contributed by atoms with Crippen LogP contribution in [0.4, 0.5) is 0 Å². The molecule has 138 valence electrons. The minimum Gasteiger partial charge on any atom is -0.355 e. The zero-order valence-corrected chi connectivity index (χ0v) is 14.8. The van der Waals surface area contributed by atoms with Crippen molar-refractivity contribution < 1.29 is 14.1 Å². The Kier molecular flexibility index (Phi) is 5.88. The Morgan fingerprint density at radius 2 is 1.70 bits per heavy atom. The lowest BCUT2D eigenvalue weighted by Gasteiger charge is -2.05. The molecular weight excluding hydrogens is 346 g/mol. The molecule has 0 fully saturated rings. The second kappa shape index (κ2) is 8.70. The van der Waals surface area contributed by atoms with Gasteiger partial charge in [0.15, 0.2) is 11.5 Å². The second-order valence-electron chi connectivity index (χ2n) is 5.85. The number of nitrogens with one attached hydrogen (secondary N) is 2. The first-order valence-electron chi connectivity index (χ1n) is 8.50. The van der Waals surface area contributed by atoms with Crippen LogP contribution in [-0.4, -0.2) is 40.0 Å². The third-order valence-electron chi connectivity index (χ3n) is 3.71. The highest BCUT2D eigenvalue weighted by atomic mass is 16.5. The third kappa shape index (κ3) is 4.97. The van der Waals surface area contributed by atoms with E-state index in [0.717, 1.165) is 5.56 Å². The van der Waals surface area contributed by atoms with Gasteiger partial charge in [0.2, 0.25) is 0 Å². The average molecular weight is 365 g/mol. The molecule has 0 bridgehead atoms. The SMILES string of the molecule is Cc1cncc(C(=O)NCCCNC(=O)c2cc(-c3ccccc3)on2)n1. The number of aromatic nitrogens is 3. The number of carbonyl (C=O) groups excluding carboxylic acids is 2. The van der Waals surface area contributed by atoms with E-state index in [1.807, 2.05) is 30.3 Å². The molecule has 0 saturated heterocycles. The van der Waals surface area contributed by atoms with E-state index < -0.39 is 0 Å². The lowest BCUT2D eigenvalue weighted by atomic mass is 10.1. The summed E-state index contributed by atoms with van der Waals surface area (Å²) < 4.78 is 5.21. The van der Waals surface area contributed by atoms with Gasteiger partial charge < -0.3 is 15.2 Å². The molecule has 2 amide bonds. The highest BCUT2D eigenvalue weighted by molar-refractivity contribution is 5.93. The van der Waals surface area contributed by atoms with Gasteiger partial charge in [-0.05, 0) is 13.3 Å². The second-order valence-corrected chi connectivity index (χ2v) is 5.85. The van der Waals surface area contributed by atoms with Gasteiger partial charge in [-0.15, -0.1) is 0 Å². The van der Waals surface area contributed by atoms with Crippen molar-refractivity contribution in [2.45, 2.75) is 13.3 Å². The van der Waals surface area contributed by atoms with Crippen LogP contribution in [0.3, 0.4) is 0 Å². The molecule has 3 rings (SSSR count). The quantitative estimate of drug-likeness (QED) is 0.620. The predicted molar refractivity (Wildman–Crippen MR) is 98.0 cm³/mol. The molecule has 0 aliphatic rings.